The van der Waals surface area contributed by atoms with E-state index in [2.05, 4.69) is 26.7 Å². The Hall–Kier alpha value is -1.01. The summed E-state index contributed by atoms with van der Waals surface area (Å²) in [4.78, 5) is 14.3. The van der Waals surface area contributed by atoms with Gasteiger partial charge < -0.3 is 5.32 Å². The number of H-pyrrole nitrogens is 1. The van der Waals surface area contributed by atoms with E-state index < -0.39 is 0 Å². The molecule has 0 bridgehead atoms. The maximum Gasteiger partial charge on any atom is 0.238 e. The summed E-state index contributed by atoms with van der Waals surface area (Å²) >= 11 is 1.94. The third-order valence-corrected chi connectivity index (χ3v) is 5.19. The lowest BCUT2D eigenvalue weighted by molar-refractivity contribution is -0.117. The molecular weight excluding hydrogens is 272 g/mol. The molecule has 1 aliphatic rings. The van der Waals surface area contributed by atoms with Crippen molar-refractivity contribution in [1.82, 2.24) is 15.1 Å². The second kappa shape index (κ2) is 6.63. The lowest BCUT2D eigenvalue weighted by atomic mass is 10.2. The summed E-state index contributed by atoms with van der Waals surface area (Å²) in [6.45, 7) is 4.25. The van der Waals surface area contributed by atoms with E-state index in [0.717, 1.165) is 22.3 Å². The summed E-state index contributed by atoms with van der Waals surface area (Å²) in [5.41, 5.74) is 2.56. The molecule has 2 N–H and O–H groups in total. The Kier molecular flexibility index (Phi) is 5.10. The number of thioether (sulfide) groups is 1. The van der Waals surface area contributed by atoms with Crippen LogP contribution in [0.25, 0.3) is 0 Å². The van der Waals surface area contributed by atoms with Crippen LogP contribution in [0.4, 0.5) is 5.69 Å². The number of carbonyl (C=O) groups is 1. The zero-order valence-corrected chi connectivity index (χ0v) is 13.5. The van der Waals surface area contributed by atoms with Gasteiger partial charge in [0, 0.05) is 11.3 Å². The van der Waals surface area contributed by atoms with Gasteiger partial charge in [-0.3, -0.25) is 14.8 Å². The molecule has 1 amide bonds. The van der Waals surface area contributed by atoms with Gasteiger partial charge in [-0.2, -0.15) is 16.9 Å². The van der Waals surface area contributed by atoms with Crippen molar-refractivity contribution < 1.29 is 4.79 Å². The molecule has 0 aliphatic heterocycles. The molecule has 112 valence electrons. The van der Waals surface area contributed by atoms with E-state index in [1.165, 1.54) is 19.3 Å². The van der Waals surface area contributed by atoms with Crippen LogP contribution in [0.5, 0.6) is 0 Å². The highest BCUT2D eigenvalue weighted by Gasteiger charge is 2.27. The average Bonchev–Trinajstić information content (AvgIpc) is 3.00. The monoisotopic (exact) mass is 296 g/mol. The van der Waals surface area contributed by atoms with Crippen LogP contribution < -0.4 is 5.32 Å². The summed E-state index contributed by atoms with van der Waals surface area (Å²) in [5.74, 6) is 0.0349. The van der Waals surface area contributed by atoms with Crippen LogP contribution in [-0.4, -0.2) is 52.1 Å². The van der Waals surface area contributed by atoms with Gasteiger partial charge in [-0.15, -0.1) is 0 Å². The molecule has 0 saturated heterocycles. The van der Waals surface area contributed by atoms with Crippen LogP contribution in [0.1, 0.15) is 30.7 Å². The van der Waals surface area contributed by atoms with Crippen molar-refractivity contribution >= 4 is 23.4 Å². The van der Waals surface area contributed by atoms with Gasteiger partial charge in [-0.25, -0.2) is 0 Å². The summed E-state index contributed by atoms with van der Waals surface area (Å²) in [5, 5.41) is 10.7. The summed E-state index contributed by atoms with van der Waals surface area (Å²) in [7, 11) is 2.04. The lowest BCUT2D eigenvalue weighted by Gasteiger charge is -2.23. The average molecular weight is 296 g/mol. The maximum absolute atomic E-state index is 12.1. The predicted molar refractivity (Wildman–Crippen MR) is 84.3 cm³/mol. The van der Waals surface area contributed by atoms with Crippen molar-refractivity contribution in [2.75, 3.05) is 25.2 Å². The van der Waals surface area contributed by atoms with Crippen LogP contribution in [0, 0.1) is 13.8 Å². The van der Waals surface area contributed by atoms with E-state index >= 15 is 0 Å². The van der Waals surface area contributed by atoms with Crippen LogP contribution in [0.2, 0.25) is 0 Å². The molecule has 1 heterocycles. The van der Waals surface area contributed by atoms with Crippen LogP contribution in [0.3, 0.4) is 0 Å². The number of anilines is 1. The predicted octanol–water partition coefficient (Wildman–Crippen LogP) is 2.18. The largest absolute Gasteiger partial charge is 0.322 e. The van der Waals surface area contributed by atoms with Gasteiger partial charge in [-0.05, 0) is 46.4 Å². The van der Waals surface area contributed by atoms with Gasteiger partial charge >= 0.3 is 0 Å². The number of aromatic nitrogens is 2. The number of nitrogens with zero attached hydrogens (tertiary/aromatic N) is 2. The number of hydrogen-bond donors (Lipinski definition) is 2. The molecule has 2 rings (SSSR count). The Morgan fingerprint density at radius 1 is 1.50 bits per heavy atom. The number of aromatic amines is 1. The minimum absolute atomic E-state index is 0.0349. The molecule has 0 aromatic carbocycles. The first-order valence-corrected chi connectivity index (χ1v) is 8.34. The van der Waals surface area contributed by atoms with Gasteiger partial charge in [0.05, 0.1) is 23.6 Å². The molecular formula is C14H24N4OS. The standard InChI is InChI=1S/C14H24N4OS/c1-9-14(10(2)17-16-9)15-13(19)8-18(3)11-5-6-12(7-11)20-4/h11-12H,5-8H2,1-4H3,(H,15,19)(H,16,17)/t11-,12-/m0/s1. The van der Waals surface area contributed by atoms with E-state index in [9.17, 15) is 4.79 Å². The van der Waals surface area contributed by atoms with Crippen LogP contribution in [-0.2, 0) is 4.79 Å². The Balaban J connectivity index is 1.85. The van der Waals surface area contributed by atoms with E-state index in [-0.39, 0.29) is 5.91 Å². The minimum atomic E-state index is 0.0349. The highest BCUT2D eigenvalue weighted by Crippen LogP contribution is 2.30. The highest BCUT2D eigenvalue weighted by molar-refractivity contribution is 7.99. The van der Waals surface area contributed by atoms with E-state index in [1.807, 2.05) is 32.7 Å². The van der Waals surface area contributed by atoms with Crippen molar-refractivity contribution in [2.45, 2.75) is 44.4 Å². The zero-order chi connectivity index (χ0) is 14.7. The van der Waals surface area contributed by atoms with Gasteiger partial charge in [-0.1, -0.05) is 0 Å². The van der Waals surface area contributed by atoms with Crippen molar-refractivity contribution in [3.05, 3.63) is 11.4 Å². The fraction of sp³-hybridized carbons (Fsp3) is 0.714. The van der Waals surface area contributed by atoms with Crippen molar-refractivity contribution in [2.24, 2.45) is 0 Å². The Labute approximate surface area is 124 Å². The number of rotatable bonds is 5. The van der Waals surface area contributed by atoms with E-state index in [4.69, 9.17) is 0 Å². The number of carbonyl (C=O) groups excluding carboxylic acids is 1. The SMILES string of the molecule is CS[C@H]1CC[C@H](N(C)CC(=O)Nc2c(C)n[nH]c2C)C1. The van der Waals surface area contributed by atoms with Crippen LogP contribution in [0.15, 0.2) is 0 Å². The molecule has 2 atom stereocenters. The molecule has 0 spiro atoms. The zero-order valence-electron chi connectivity index (χ0n) is 12.7. The van der Waals surface area contributed by atoms with Gasteiger partial charge in [0.1, 0.15) is 0 Å². The van der Waals surface area contributed by atoms with Crippen molar-refractivity contribution in [1.29, 1.82) is 0 Å². The highest BCUT2D eigenvalue weighted by atomic mass is 32.2. The fourth-order valence-electron chi connectivity index (χ4n) is 2.80. The number of amides is 1. The van der Waals surface area contributed by atoms with E-state index in [1.54, 1.807) is 0 Å². The molecule has 1 aliphatic carbocycles. The molecule has 0 radical (unpaired) electrons. The first-order chi connectivity index (χ1) is 9.51. The molecule has 5 nitrogen and oxygen atoms in total. The molecule has 1 aromatic heterocycles. The van der Waals surface area contributed by atoms with Gasteiger partial charge in [0.25, 0.3) is 0 Å². The molecule has 6 heteroatoms. The number of aryl methyl sites for hydroxylation is 2. The quantitative estimate of drug-likeness (QED) is 0.874. The first-order valence-electron chi connectivity index (χ1n) is 7.05. The number of likely N-dealkylation sites (N-methyl/N-ethyl adjacent to an activating group) is 1. The smallest absolute Gasteiger partial charge is 0.238 e. The Bertz CT molecular complexity index is 454. The normalized spacial score (nSPS) is 22.4. The van der Waals surface area contributed by atoms with E-state index in [0.29, 0.717) is 12.6 Å². The van der Waals surface area contributed by atoms with Gasteiger partial charge in [0.15, 0.2) is 0 Å². The molecule has 1 saturated carbocycles. The molecule has 20 heavy (non-hydrogen) atoms. The summed E-state index contributed by atoms with van der Waals surface area (Å²) in [6, 6.07) is 0.532. The molecule has 0 unspecified atom stereocenters. The summed E-state index contributed by atoms with van der Waals surface area (Å²) in [6.07, 6.45) is 5.82. The Morgan fingerprint density at radius 3 is 2.80 bits per heavy atom. The number of hydrogen-bond acceptors (Lipinski definition) is 4. The van der Waals surface area contributed by atoms with Crippen LogP contribution >= 0.6 is 11.8 Å². The summed E-state index contributed by atoms with van der Waals surface area (Å²) < 4.78 is 0. The molecule has 1 fully saturated rings. The maximum atomic E-state index is 12.1. The molecule has 1 aromatic rings. The minimum Gasteiger partial charge on any atom is -0.322 e. The lowest BCUT2D eigenvalue weighted by Crippen LogP contribution is -2.37. The fourth-order valence-corrected chi connectivity index (χ4v) is 3.59. The van der Waals surface area contributed by atoms with Crippen molar-refractivity contribution in [3.63, 3.8) is 0 Å². The van der Waals surface area contributed by atoms with Crippen molar-refractivity contribution in [3.8, 4) is 0 Å². The Morgan fingerprint density at radius 2 is 2.25 bits per heavy atom. The third kappa shape index (κ3) is 3.55. The number of nitrogens with one attached hydrogen (secondary N) is 2. The second-order valence-electron chi connectivity index (χ2n) is 5.60. The third-order valence-electron chi connectivity index (χ3n) is 4.10. The van der Waals surface area contributed by atoms with Gasteiger partial charge in [0.2, 0.25) is 5.91 Å². The topological polar surface area (TPSA) is 61.0 Å². The first kappa shape index (κ1) is 15.4. The second-order valence-corrected chi connectivity index (χ2v) is 6.73.